The number of rotatable bonds is 2. The Bertz CT molecular complexity index is 659. The van der Waals surface area contributed by atoms with Crippen molar-refractivity contribution in [2.75, 3.05) is 5.32 Å². The van der Waals surface area contributed by atoms with Gasteiger partial charge in [-0.25, -0.2) is 0 Å². The molecule has 0 saturated heterocycles. The second kappa shape index (κ2) is 5.22. The molecule has 2 aromatic rings. The van der Waals surface area contributed by atoms with Crippen molar-refractivity contribution in [2.24, 2.45) is 0 Å². The number of aryl methyl sites for hydroxylation is 2. The Morgan fingerprint density at radius 1 is 0.905 bits per heavy atom. The summed E-state index contributed by atoms with van der Waals surface area (Å²) in [7, 11) is 0. The normalized spacial score (nSPS) is 23.5. The molecule has 0 aliphatic heterocycles. The van der Waals surface area contributed by atoms with Crippen molar-refractivity contribution in [1.29, 1.82) is 0 Å². The monoisotopic (exact) mass is 277 g/mol. The number of anilines is 1. The summed E-state index contributed by atoms with van der Waals surface area (Å²) in [5.41, 5.74) is 7.43. The molecule has 2 atom stereocenters. The maximum atomic E-state index is 3.79. The second-order valence-corrected chi connectivity index (χ2v) is 6.64. The lowest BCUT2D eigenvalue weighted by Crippen LogP contribution is -2.19. The van der Waals surface area contributed by atoms with E-state index in [1.807, 2.05) is 0 Å². The van der Waals surface area contributed by atoms with E-state index >= 15 is 0 Å². The highest BCUT2D eigenvalue weighted by Crippen LogP contribution is 2.39. The predicted molar refractivity (Wildman–Crippen MR) is 88.9 cm³/mol. The zero-order valence-corrected chi connectivity index (χ0v) is 12.7. The lowest BCUT2D eigenvalue weighted by Gasteiger charge is -2.31. The molecule has 0 radical (unpaired) electrons. The summed E-state index contributed by atoms with van der Waals surface area (Å²) < 4.78 is 0. The van der Waals surface area contributed by atoms with E-state index in [1.165, 1.54) is 48.9 Å². The van der Waals surface area contributed by atoms with Crippen LogP contribution in [0, 0.1) is 0 Å². The molecule has 0 amide bonds. The maximum Gasteiger partial charge on any atom is 0.0516 e. The molecule has 2 unspecified atom stereocenters. The van der Waals surface area contributed by atoms with E-state index in [1.54, 1.807) is 11.1 Å². The number of benzene rings is 2. The first-order valence-electron chi connectivity index (χ1n) is 8.28. The van der Waals surface area contributed by atoms with Gasteiger partial charge in [0.1, 0.15) is 0 Å². The molecule has 2 aliphatic carbocycles. The zero-order valence-electron chi connectivity index (χ0n) is 12.7. The summed E-state index contributed by atoms with van der Waals surface area (Å²) in [5.74, 6) is 0.694. The van der Waals surface area contributed by atoms with Crippen LogP contribution in [0.25, 0.3) is 0 Å². The Labute approximate surface area is 127 Å². The molecular formula is C20H23N. The van der Waals surface area contributed by atoms with Crippen molar-refractivity contribution in [3.63, 3.8) is 0 Å². The van der Waals surface area contributed by atoms with Crippen molar-refractivity contribution >= 4 is 5.69 Å². The minimum Gasteiger partial charge on any atom is -0.378 e. The van der Waals surface area contributed by atoms with Crippen LogP contribution in [0.2, 0.25) is 0 Å². The van der Waals surface area contributed by atoms with Crippen LogP contribution in [-0.2, 0) is 12.8 Å². The van der Waals surface area contributed by atoms with Gasteiger partial charge >= 0.3 is 0 Å². The summed E-state index contributed by atoms with van der Waals surface area (Å²) in [5, 5.41) is 3.79. The molecule has 1 N–H and O–H groups in total. The van der Waals surface area contributed by atoms with Crippen LogP contribution in [0.3, 0.4) is 0 Å². The summed E-state index contributed by atoms with van der Waals surface area (Å²) in [4.78, 5) is 0. The number of nitrogens with one attached hydrogen (secondary N) is 1. The number of fused-ring (bicyclic) bond motifs is 2. The highest BCUT2D eigenvalue weighted by Gasteiger charge is 2.24. The van der Waals surface area contributed by atoms with E-state index in [4.69, 9.17) is 0 Å². The lowest BCUT2D eigenvalue weighted by molar-refractivity contribution is 0.534. The van der Waals surface area contributed by atoms with Crippen LogP contribution in [-0.4, -0.2) is 0 Å². The van der Waals surface area contributed by atoms with E-state index in [0.29, 0.717) is 12.0 Å². The Balaban J connectivity index is 1.62. The SMILES string of the molecule is CC1CCC(Nc2ccc3c(c2)CCC3)c2ccccc21. The summed E-state index contributed by atoms with van der Waals surface area (Å²) >= 11 is 0. The van der Waals surface area contributed by atoms with Crippen LogP contribution in [0.15, 0.2) is 42.5 Å². The fourth-order valence-corrected chi connectivity index (χ4v) is 4.02. The van der Waals surface area contributed by atoms with Gasteiger partial charge in [0.25, 0.3) is 0 Å². The Kier molecular flexibility index (Phi) is 3.21. The highest BCUT2D eigenvalue weighted by atomic mass is 14.9. The molecule has 1 heteroatoms. The van der Waals surface area contributed by atoms with Gasteiger partial charge < -0.3 is 5.32 Å². The molecule has 0 spiro atoms. The van der Waals surface area contributed by atoms with Crippen LogP contribution in [0.1, 0.15) is 60.4 Å². The topological polar surface area (TPSA) is 12.0 Å². The summed E-state index contributed by atoms with van der Waals surface area (Å²) in [6.07, 6.45) is 6.35. The van der Waals surface area contributed by atoms with Gasteiger partial charge in [-0.3, -0.25) is 0 Å². The minimum absolute atomic E-state index is 0.469. The largest absolute Gasteiger partial charge is 0.378 e. The molecule has 0 fully saturated rings. The van der Waals surface area contributed by atoms with Gasteiger partial charge in [0.15, 0.2) is 0 Å². The second-order valence-electron chi connectivity index (χ2n) is 6.64. The van der Waals surface area contributed by atoms with Gasteiger partial charge in [0, 0.05) is 5.69 Å². The molecule has 0 bridgehead atoms. The van der Waals surface area contributed by atoms with E-state index in [0.717, 1.165) is 0 Å². The first kappa shape index (κ1) is 12.9. The van der Waals surface area contributed by atoms with Crippen molar-refractivity contribution in [3.05, 3.63) is 64.7 Å². The fraction of sp³-hybridized carbons (Fsp3) is 0.400. The fourth-order valence-electron chi connectivity index (χ4n) is 4.02. The Morgan fingerprint density at radius 3 is 2.62 bits per heavy atom. The number of hydrogen-bond donors (Lipinski definition) is 1. The third-order valence-corrected chi connectivity index (χ3v) is 5.23. The van der Waals surface area contributed by atoms with Crippen molar-refractivity contribution in [1.82, 2.24) is 0 Å². The summed E-state index contributed by atoms with van der Waals surface area (Å²) in [6, 6.07) is 16.4. The molecule has 0 aromatic heterocycles. The molecule has 0 heterocycles. The van der Waals surface area contributed by atoms with Gasteiger partial charge in [0.05, 0.1) is 6.04 Å². The van der Waals surface area contributed by atoms with E-state index in [-0.39, 0.29) is 0 Å². The van der Waals surface area contributed by atoms with E-state index in [9.17, 15) is 0 Å². The third-order valence-electron chi connectivity index (χ3n) is 5.23. The van der Waals surface area contributed by atoms with E-state index in [2.05, 4.69) is 54.7 Å². The summed E-state index contributed by atoms with van der Waals surface area (Å²) in [6.45, 7) is 2.35. The molecule has 4 rings (SSSR count). The Morgan fingerprint density at radius 2 is 1.71 bits per heavy atom. The molecule has 2 aliphatic rings. The molecule has 108 valence electrons. The van der Waals surface area contributed by atoms with Crippen LogP contribution >= 0.6 is 0 Å². The standard InChI is InChI=1S/C20H23N/c1-14-9-12-20(19-8-3-2-7-18(14)19)21-17-11-10-15-5-4-6-16(15)13-17/h2-3,7-8,10-11,13-14,20-21H,4-6,9,12H2,1H3. The minimum atomic E-state index is 0.469. The number of hydrogen-bond acceptors (Lipinski definition) is 1. The molecule has 1 nitrogen and oxygen atoms in total. The van der Waals surface area contributed by atoms with Gasteiger partial charge in [-0.2, -0.15) is 0 Å². The van der Waals surface area contributed by atoms with Gasteiger partial charge in [-0.05, 0) is 72.4 Å². The average Bonchev–Trinajstić information content (AvgIpc) is 2.98. The average molecular weight is 277 g/mol. The quantitative estimate of drug-likeness (QED) is 0.793. The first-order valence-corrected chi connectivity index (χ1v) is 8.28. The van der Waals surface area contributed by atoms with Gasteiger partial charge in [0.2, 0.25) is 0 Å². The van der Waals surface area contributed by atoms with Crippen molar-refractivity contribution in [3.8, 4) is 0 Å². The first-order chi connectivity index (χ1) is 10.3. The molecule has 2 aromatic carbocycles. The van der Waals surface area contributed by atoms with Crippen LogP contribution in [0.5, 0.6) is 0 Å². The maximum absolute atomic E-state index is 3.79. The van der Waals surface area contributed by atoms with Crippen LogP contribution in [0.4, 0.5) is 5.69 Å². The zero-order chi connectivity index (χ0) is 14.2. The van der Waals surface area contributed by atoms with Gasteiger partial charge in [-0.15, -0.1) is 0 Å². The van der Waals surface area contributed by atoms with Crippen LogP contribution < -0.4 is 5.32 Å². The molecular weight excluding hydrogens is 254 g/mol. The highest BCUT2D eigenvalue weighted by molar-refractivity contribution is 5.52. The van der Waals surface area contributed by atoms with E-state index < -0.39 is 0 Å². The van der Waals surface area contributed by atoms with Gasteiger partial charge in [-0.1, -0.05) is 37.3 Å². The molecule has 21 heavy (non-hydrogen) atoms. The predicted octanol–water partition coefficient (Wildman–Crippen LogP) is 5.23. The van der Waals surface area contributed by atoms with Crippen molar-refractivity contribution in [2.45, 2.75) is 51.0 Å². The lowest BCUT2D eigenvalue weighted by atomic mass is 9.81. The molecule has 0 saturated carbocycles. The third kappa shape index (κ3) is 2.35. The Hall–Kier alpha value is -1.76. The smallest absolute Gasteiger partial charge is 0.0516 e. The van der Waals surface area contributed by atoms with Crippen molar-refractivity contribution < 1.29 is 0 Å².